The van der Waals surface area contributed by atoms with E-state index >= 15 is 0 Å². The fourth-order valence-corrected chi connectivity index (χ4v) is 2.41. The van der Waals surface area contributed by atoms with Crippen LogP contribution in [-0.4, -0.2) is 5.91 Å². The molecule has 1 aromatic carbocycles. The van der Waals surface area contributed by atoms with Gasteiger partial charge in [0.05, 0.1) is 17.4 Å². The Labute approximate surface area is 110 Å². The van der Waals surface area contributed by atoms with Gasteiger partial charge >= 0.3 is 0 Å². The van der Waals surface area contributed by atoms with Gasteiger partial charge in [0.2, 0.25) is 0 Å². The maximum atomic E-state index is 12.0. The summed E-state index contributed by atoms with van der Waals surface area (Å²) in [6.07, 6.45) is 0.387. The van der Waals surface area contributed by atoms with Crippen LogP contribution in [0.25, 0.3) is 0 Å². The summed E-state index contributed by atoms with van der Waals surface area (Å²) in [7, 11) is 0. The molecule has 1 heterocycles. The third kappa shape index (κ3) is 2.76. The number of thiophene rings is 1. The average Bonchev–Trinajstić information content (AvgIpc) is 2.78. The number of amides is 1. The number of benzene rings is 1. The van der Waals surface area contributed by atoms with E-state index in [-0.39, 0.29) is 5.91 Å². The van der Waals surface area contributed by atoms with Crippen LogP contribution in [0.3, 0.4) is 0 Å². The second-order valence-corrected chi connectivity index (χ2v) is 4.83. The first-order valence-electron chi connectivity index (χ1n) is 5.52. The summed E-state index contributed by atoms with van der Waals surface area (Å²) in [4.78, 5) is 12.7. The molecule has 4 heteroatoms. The van der Waals surface area contributed by atoms with Gasteiger partial charge in [-0.15, -0.1) is 11.3 Å². The molecule has 0 aliphatic carbocycles. The van der Waals surface area contributed by atoms with Crippen molar-refractivity contribution in [2.45, 2.75) is 13.3 Å². The van der Waals surface area contributed by atoms with Gasteiger partial charge in [0.1, 0.15) is 0 Å². The highest BCUT2D eigenvalue weighted by molar-refractivity contribution is 7.12. The number of rotatable bonds is 3. The maximum Gasteiger partial charge on any atom is 0.265 e. The van der Waals surface area contributed by atoms with E-state index < -0.39 is 0 Å². The molecule has 18 heavy (non-hydrogen) atoms. The quantitative estimate of drug-likeness (QED) is 0.915. The van der Waals surface area contributed by atoms with Gasteiger partial charge in [-0.2, -0.15) is 5.26 Å². The second kappa shape index (κ2) is 5.48. The van der Waals surface area contributed by atoms with Crippen LogP contribution in [0.1, 0.15) is 20.8 Å². The van der Waals surface area contributed by atoms with Gasteiger partial charge in [-0.05, 0) is 41.6 Å². The Kier molecular flexibility index (Phi) is 3.75. The number of aryl methyl sites for hydroxylation is 1. The fraction of sp³-hybridized carbons (Fsp3) is 0.143. The molecular formula is C14H12N2OS. The Balaban J connectivity index is 2.08. The summed E-state index contributed by atoms with van der Waals surface area (Å²) in [5, 5.41) is 13.3. The van der Waals surface area contributed by atoms with Crippen LogP contribution in [-0.2, 0) is 6.42 Å². The van der Waals surface area contributed by atoms with E-state index in [0.717, 1.165) is 21.7 Å². The van der Waals surface area contributed by atoms with Gasteiger partial charge in [0, 0.05) is 5.69 Å². The number of nitrogens with one attached hydrogen (secondary N) is 1. The van der Waals surface area contributed by atoms with E-state index in [1.54, 1.807) is 0 Å². The summed E-state index contributed by atoms with van der Waals surface area (Å²) in [6, 6.07) is 11.3. The molecule has 0 atom stereocenters. The molecule has 0 spiro atoms. The highest BCUT2D eigenvalue weighted by Crippen LogP contribution is 2.18. The Hall–Kier alpha value is -2.12. The molecule has 0 aliphatic heterocycles. The van der Waals surface area contributed by atoms with Gasteiger partial charge in [-0.3, -0.25) is 4.79 Å². The van der Waals surface area contributed by atoms with Crippen molar-refractivity contribution in [1.82, 2.24) is 0 Å². The van der Waals surface area contributed by atoms with E-state index in [0.29, 0.717) is 6.42 Å². The summed E-state index contributed by atoms with van der Waals surface area (Å²) >= 11 is 1.43. The maximum absolute atomic E-state index is 12.0. The SMILES string of the molecule is Cc1ccsc1C(=O)Nc1ccc(CC#N)cc1. The standard InChI is InChI=1S/C14H12N2OS/c1-10-7-9-18-13(10)14(17)16-12-4-2-11(3-5-12)6-8-15/h2-5,7,9H,6H2,1H3,(H,16,17). The predicted molar refractivity (Wildman–Crippen MR) is 72.8 cm³/mol. The largest absolute Gasteiger partial charge is 0.321 e. The van der Waals surface area contributed by atoms with Gasteiger partial charge in [0.15, 0.2) is 0 Å². The third-order valence-electron chi connectivity index (χ3n) is 2.56. The monoisotopic (exact) mass is 256 g/mol. The number of anilines is 1. The zero-order valence-corrected chi connectivity index (χ0v) is 10.8. The Morgan fingerprint density at radius 2 is 2.06 bits per heavy atom. The number of carbonyl (C=O) groups excluding carboxylic acids is 1. The first-order valence-corrected chi connectivity index (χ1v) is 6.40. The van der Waals surface area contributed by atoms with Crippen LogP contribution in [0.2, 0.25) is 0 Å². The molecule has 1 N–H and O–H groups in total. The number of carbonyl (C=O) groups is 1. The molecule has 2 aromatic rings. The smallest absolute Gasteiger partial charge is 0.265 e. The van der Waals surface area contributed by atoms with Crippen molar-refractivity contribution >= 4 is 22.9 Å². The lowest BCUT2D eigenvalue weighted by Gasteiger charge is -2.05. The highest BCUT2D eigenvalue weighted by Gasteiger charge is 2.10. The van der Waals surface area contributed by atoms with Crippen LogP contribution in [0, 0.1) is 18.3 Å². The molecule has 0 unspecified atom stereocenters. The van der Waals surface area contributed by atoms with Crippen LogP contribution in [0.4, 0.5) is 5.69 Å². The average molecular weight is 256 g/mol. The van der Waals surface area contributed by atoms with Gasteiger partial charge in [-0.1, -0.05) is 12.1 Å². The van der Waals surface area contributed by atoms with Crippen molar-refractivity contribution in [1.29, 1.82) is 5.26 Å². The molecule has 0 saturated heterocycles. The first-order chi connectivity index (χ1) is 8.70. The normalized spacial score (nSPS) is 9.78. The van der Waals surface area contributed by atoms with Crippen molar-refractivity contribution in [3.8, 4) is 6.07 Å². The summed E-state index contributed by atoms with van der Waals surface area (Å²) in [5.41, 5.74) is 2.68. The molecule has 1 aromatic heterocycles. The Morgan fingerprint density at radius 1 is 1.33 bits per heavy atom. The van der Waals surface area contributed by atoms with Gasteiger partial charge in [0.25, 0.3) is 5.91 Å². The number of hydrogen-bond acceptors (Lipinski definition) is 3. The molecule has 2 rings (SSSR count). The minimum atomic E-state index is -0.0875. The van der Waals surface area contributed by atoms with Crippen LogP contribution >= 0.6 is 11.3 Å². The van der Waals surface area contributed by atoms with Crippen LogP contribution < -0.4 is 5.32 Å². The molecule has 0 aliphatic rings. The highest BCUT2D eigenvalue weighted by atomic mass is 32.1. The zero-order valence-electron chi connectivity index (χ0n) is 9.93. The molecule has 0 radical (unpaired) electrons. The van der Waals surface area contributed by atoms with E-state index in [9.17, 15) is 4.79 Å². The van der Waals surface area contributed by atoms with Crippen molar-refractivity contribution in [3.05, 3.63) is 51.7 Å². The molecular weight excluding hydrogens is 244 g/mol. The van der Waals surface area contributed by atoms with Crippen molar-refractivity contribution in [2.24, 2.45) is 0 Å². The van der Waals surface area contributed by atoms with E-state index in [1.165, 1.54) is 11.3 Å². The third-order valence-corrected chi connectivity index (χ3v) is 3.58. The van der Waals surface area contributed by atoms with Crippen molar-refractivity contribution < 1.29 is 4.79 Å². The number of nitrogens with zero attached hydrogens (tertiary/aromatic N) is 1. The lowest BCUT2D eigenvalue weighted by Crippen LogP contribution is -2.11. The molecule has 0 saturated carbocycles. The van der Waals surface area contributed by atoms with Gasteiger partial charge < -0.3 is 5.32 Å². The molecule has 1 amide bonds. The molecule has 90 valence electrons. The number of hydrogen-bond donors (Lipinski definition) is 1. The topological polar surface area (TPSA) is 52.9 Å². The summed E-state index contributed by atoms with van der Waals surface area (Å²) < 4.78 is 0. The molecule has 3 nitrogen and oxygen atoms in total. The minimum Gasteiger partial charge on any atom is -0.321 e. The first kappa shape index (κ1) is 12.3. The minimum absolute atomic E-state index is 0.0875. The van der Waals surface area contributed by atoms with E-state index in [4.69, 9.17) is 5.26 Å². The summed E-state index contributed by atoms with van der Waals surface area (Å²) in [6.45, 7) is 1.92. The van der Waals surface area contributed by atoms with Crippen LogP contribution in [0.15, 0.2) is 35.7 Å². The fourth-order valence-electron chi connectivity index (χ4n) is 1.59. The van der Waals surface area contributed by atoms with Crippen LogP contribution in [0.5, 0.6) is 0 Å². The van der Waals surface area contributed by atoms with Gasteiger partial charge in [-0.25, -0.2) is 0 Å². The van der Waals surface area contributed by atoms with E-state index in [1.807, 2.05) is 42.6 Å². The Bertz CT molecular complexity index is 593. The zero-order chi connectivity index (χ0) is 13.0. The Morgan fingerprint density at radius 3 is 2.61 bits per heavy atom. The lowest BCUT2D eigenvalue weighted by atomic mass is 10.1. The van der Waals surface area contributed by atoms with Crippen molar-refractivity contribution in [3.63, 3.8) is 0 Å². The predicted octanol–water partition coefficient (Wildman–Crippen LogP) is 3.37. The molecule has 0 fully saturated rings. The second-order valence-electron chi connectivity index (χ2n) is 3.92. The summed E-state index contributed by atoms with van der Waals surface area (Å²) in [5.74, 6) is -0.0875. The number of nitriles is 1. The van der Waals surface area contributed by atoms with Crippen molar-refractivity contribution in [2.75, 3.05) is 5.32 Å². The molecule has 0 bridgehead atoms. The lowest BCUT2D eigenvalue weighted by molar-refractivity contribution is 0.103. The van der Waals surface area contributed by atoms with E-state index in [2.05, 4.69) is 11.4 Å².